The number of anilines is 1. The fourth-order valence-corrected chi connectivity index (χ4v) is 3.03. The molecule has 0 saturated heterocycles. The third-order valence-electron chi connectivity index (χ3n) is 3.65. The molecule has 6 nitrogen and oxygen atoms in total. The summed E-state index contributed by atoms with van der Waals surface area (Å²) >= 11 is 1.04. The van der Waals surface area contributed by atoms with E-state index in [4.69, 9.17) is 0 Å². The molecule has 0 unspecified atom stereocenters. The largest absolute Gasteiger partial charge is 0.416 e. The minimum absolute atomic E-state index is 0.0714. The lowest BCUT2D eigenvalue weighted by atomic mass is 10.2. The zero-order valence-corrected chi connectivity index (χ0v) is 16.1. The lowest BCUT2D eigenvalue weighted by molar-refractivity contribution is -0.137. The predicted molar refractivity (Wildman–Crippen MR) is 105 cm³/mol. The van der Waals surface area contributed by atoms with Gasteiger partial charge in [-0.25, -0.2) is 9.37 Å². The van der Waals surface area contributed by atoms with Crippen LogP contribution in [0.5, 0.6) is 0 Å². The molecule has 0 fully saturated rings. The maximum Gasteiger partial charge on any atom is 0.416 e. The summed E-state index contributed by atoms with van der Waals surface area (Å²) in [5.74, 6) is -0.395. The van der Waals surface area contributed by atoms with Crippen molar-refractivity contribution < 1.29 is 17.6 Å². The lowest BCUT2D eigenvalue weighted by Gasteiger charge is -2.08. The number of azo groups is 1. The van der Waals surface area contributed by atoms with E-state index in [1.165, 1.54) is 36.4 Å². The number of nitrogens with zero attached hydrogens (tertiary/aromatic N) is 5. The highest BCUT2D eigenvalue weighted by atomic mass is 32.1. The van der Waals surface area contributed by atoms with E-state index in [1.54, 1.807) is 6.92 Å². The van der Waals surface area contributed by atoms with Crippen LogP contribution in [0.2, 0.25) is 0 Å². The Kier molecular flexibility index (Phi) is 6.17. The van der Waals surface area contributed by atoms with Gasteiger partial charge in [-0.15, -0.1) is 10.2 Å². The van der Waals surface area contributed by atoms with Crippen molar-refractivity contribution in [3.05, 3.63) is 70.6 Å². The van der Waals surface area contributed by atoms with Gasteiger partial charge in [0.15, 0.2) is 15.7 Å². The molecule has 0 aliphatic carbocycles. The van der Waals surface area contributed by atoms with Crippen molar-refractivity contribution in [3.63, 3.8) is 0 Å². The van der Waals surface area contributed by atoms with Crippen molar-refractivity contribution in [3.8, 4) is 6.07 Å². The number of alkyl halides is 3. The summed E-state index contributed by atoms with van der Waals surface area (Å²) in [4.78, 5) is 4.21. The van der Waals surface area contributed by atoms with Gasteiger partial charge in [-0.3, -0.25) is 5.43 Å². The highest BCUT2D eigenvalue weighted by Crippen LogP contribution is 2.31. The molecule has 0 atom stereocenters. The summed E-state index contributed by atoms with van der Waals surface area (Å²) in [5.41, 5.74) is 2.48. The number of aryl methyl sites for hydroxylation is 1. The Morgan fingerprint density at radius 1 is 1.13 bits per heavy atom. The van der Waals surface area contributed by atoms with Crippen LogP contribution in [0.4, 0.5) is 33.9 Å². The average Bonchev–Trinajstić information content (AvgIpc) is 3.08. The number of nitrogens with one attached hydrogen (secondary N) is 1. The number of hydrogen-bond acceptors (Lipinski definition) is 7. The molecule has 0 bridgehead atoms. The first-order valence-corrected chi connectivity index (χ1v) is 9.14. The Morgan fingerprint density at radius 3 is 2.53 bits per heavy atom. The van der Waals surface area contributed by atoms with Crippen LogP contribution >= 0.6 is 11.3 Å². The summed E-state index contributed by atoms with van der Waals surface area (Å²) in [6.45, 7) is 1.66. The zero-order chi connectivity index (χ0) is 21.7. The number of thiazole rings is 1. The van der Waals surface area contributed by atoms with Crippen molar-refractivity contribution in [2.45, 2.75) is 13.1 Å². The molecule has 1 heterocycles. The lowest BCUT2D eigenvalue weighted by Crippen LogP contribution is -2.06. The van der Waals surface area contributed by atoms with Gasteiger partial charge in [0.05, 0.1) is 22.6 Å². The SMILES string of the molecule is Cc1nc(/C(C#N)=N/Nc2cccc(C(F)(F)F)c2)sc1N=Nc1ccc(F)cc1. The van der Waals surface area contributed by atoms with E-state index in [1.807, 2.05) is 6.07 Å². The van der Waals surface area contributed by atoms with E-state index in [9.17, 15) is 22.8 Å². The molecule has 0 aliphatic rings. The van der Waals surface area contributed by atoms with Gasteiger partial charge in [-0.1, -0.05) is 17.4 Å². The maximum atomic E-state index is 12.9. The molecule has 0 saturated carbocycles. The number of rotatable bonds is 5. The van der Waals surface area contributed by atoms with Crippen LogP contribution < -0.4 is 5.43 Å². The number of hydrazone groups is 1. The molecule has 152 valence electrons. The normalized spacial score (nSPS) is 12.2. The smallest absolute Gasteiger partial charge is 0.277 e. The minimum atomic E-state index is -4.49. The summed E-state index contributed by atoms with van der Waals surface area (Å²) in [6, 6.07) is 11.7. The van der Waals surface area contributed by atoms with Gasteiger partial charge in [0.1, 0.15) is 11.9 Å². The molecule has 1 aromatic heterocycles. The molecule has 2 aromatic carbocycles. The number of aromatic nitrogens is 1. The first-order valence-electron chi connectivity index (χ1n) is 8.32. The van der Waals surface area contributed by atoms with E-state index in [0.29, 0.717) is 16.4 Å². The van der Waals surface area contributed by atoms with Crippen LogP contribution in [0.25, 0.3) is 0 Å². The van der Waals surface area contributed by atoms with E-state index in [-0.39, 0.29) is 16.4 Å². The summed E-state index contributed by atoms with van der Waals surface area (Å²) in [5, 5.41) is 21.9. The molecular weight excluding hydrogens is 420 g/mol. The highest BCUT2D eigenvalue weighted by Gasteiger charge is 2.30. The topological polar surface area (TPSA) is 85.8 Å². The van der Waals surface area contributed by atoms with Gasteiger partial charge < -0.3 is 0 Å². The molecule has 0 spiro atoms. The summed E-state index contributed by atoms with van der Waals surface area (Å²) < 4.78 is 51.3. The molecule has 30 heavy (non-hydrogen) atoms. The standard InChI is InChI=1S/C19H12F4N6S/c1-11-17(29-26-14-7-5-13(20)6-8-14)30-18(25-11)16(10-24)28-27-15-4-2-3-12(9-15)19(21,22)23/h2-9,27H,1H3/b28-16+,29-26?. The fraction of sp³-hybridized carbons (Fsp3) is 0.105. The van der Waals surface area contributed by atoms with E-state index >= 15 is 0 Å². The molecule has 3 rings (SSSR count). The third kappa shape index (κ3) is 5.24. The van der Waals surface area contributed by atoms with Gasteiger partial charge in [-0.05, 0) is 49.4 Å². The Morgan fingerprint density at radius 2 is 1.87 bits per heavy atom. The van der Waals surface area contributed by atoms with Gasteiger partial charge in [0, 0.05) is 0 Å². The number of halogens is 4. The monoisotopic (exact) mass is 432 g/mol. The second-order valence-corrected chi connectivity index (χ2v) is 6.83. The van der Waals surface area contributed by atoms with Crippen molar-refractivity contribution in [1.29, 1.82) is 5.26 Å². The third-order valence-corrected chi connectivity index (χ3v) is 4.70. The van der Waals surface area contributed by atoms with Gasteiger partial charge in [0.2, 0.25) is 0 Å². The van der Waals surface area contributed by atoms with Crippen LogP contribution in [-0.4, -0.2) is 10.7 Å². The molecule has 3 aromatic rings. The predicted octanol–water partition coefficient (Wildman–Crippen LogP) is 6.36. The number of hydrogen-bond donors (Lipinski definition) is 1. The van der Waals surface area contributed by atoms with Gasteiger partial charge in [0.25, 0.3) is 0 Å². The van der Waals surface area contributed by atoms with Crippen LogP contribution in [-0.2, 0) is 6.18 Å². The average molecular weight is 432 g/mol. The van der Waals surface area contributed by atoms with Crippen LogP contribution in [0.15, 0.2) is 63.9 Å². The molecular formula is C19H12F4N6S. The van der Waals surface area contributed by atoms with Crippen molar-refractivity contribution in [2.75, 3.05) is 5.43 Å². The molecule has 11 heteroatoms. The number of benzene rings is 2. The second-order valence-electron chi connectivity index (χ2n) is 5.85. The Bertz CT molecular complexity index is 1140. The van der Waals surface area contributed by atoms with Crippen molar-refractivity contribution in [1.82, 2.24) is 4.98 Å². The molecule has 1 N–H and O–H groups in total. The highest BCUT2D eigenvalue weighted by molar-refractivity contribution is 7.17. The Balaban J connectivity index is 1.80. The quantitative estimate of drug-likeness (QED) is 0.220. The van der Waals surface area contributed by atoms with Crippen LogP contribution in [0, 0.1) is 24.1 Å². The number of nitriles is 1. The molecule has 0 aliphatic heterocycles. The van der Waals surface area contributed by atoms with E-state index < -0.39 is 17.6 Å². The van der Waals surface area contributed by atoms with E-state index in [0.717, 1.165) is 23.5 Å². The van der Waals surface area contributed by atoms with Crippen molar-refractivity contribution in [2.24, 2.45) is 15.3 Å². The zero-order valence-electron chi connectivity index (χ0n) is 15.3. The van der Waals surface area contributed by atoms with Gasteiger partial charge >= 0.3 is 6.18 Å². The minimum Gasteiger partial charge on any atom is -0.277 e. The summed E-state index contributed by atoms with van der Waals surface area (Å²) in [6.07, 6.45) is -4.49. The Hall–Kier alpha value is -3.65. The van der Waals surface area contributed by atoms with Crippen molar-refractivity contribution >= 4 is 33.4 Å². The second kappa shape index (κ2) is 8.79. The van der Waals surface area contributed by atoms with Crippen LogP contribution in [0.1, 0.15) is 16.3 Å². The fourth-order valence-electron chi connectivity index (χ4n) is 2.20. The van der Waals surface area contributed by atoms with Gasteiger partial charge in [-0.2, -0.15) is 23.5 Å². The first-order chi connectivity index (χ1) is 14.3. The molecule has 0 radical (unpaired) electrons. The van der Waals surface area contributed by atoms with E-state index in [2.05, 4.69) is 25.7 Å². The Labute approximate surface area is 172 Å². The van der Waals surface area contributed by atoms with Crippen LogP contribution in [0.3, 0.4) is 0 Å². The summed E-state index contributed by atoms with van der Waals surface area (Å²) in [7, 11) is 0. The first kappa shape index (κ1) is 21.1. The maximum absolute atomic E-state index is 12.9. The molecule has 0 amide bonds.